The number of aliphatic hydroxyl groups is 1. The van der Waals surface area contributed by atoms with Crippen LogP contribution >= 0.6 is 0 Å². The van der Waals surface area contributed by atoms with Crippen LogP contribution in [0.5, 0.6) is 0 Å². The maximum Gasteiger partial charge on any atom is 0.147 e. The zero-order chi connectivity index (χ0) is 13.9. The molecule has 1 aromatic heterocycles. The van der Waals surface area contributed by atoms with E-state index in [1.54, 1.807) is 12.3 Å². The number of pyridine rings is 1. The Hall–Kier alpha value is -1.00. The lowest BCUT2D eigenvalue weighted by Crippen LogP contribution is -2.49. The van der Waals surface area contributed by atoms with E-state index in [2.05, 4.69) is 9.88 Å². The van der Waals surface area contributed by atoms with E-state index in [9.17, 15) is 9.50 Å². The van der Waals surface area contributed by atoms with Gasteiger partial charge in [0.1, 0.15) is 11.9 Å². The largest absolute Gasteiger partial charge is 0.386 e. The Morgan fingerprint density at radius 1 is 1.26 bits per heavy atom. The molecular weight excluding hydrogens is 243 g/mol. The summed E-state index contributed by atoms with van der Waals surface area (Å²) in [6.07, 6.45) is 8.29. The minimum absolute atomic E-state index is 0.362. The molecule has 1 N–H and O–H groups in total. The van der Waals surface area contributed by atoms with E-state index in [1.807, 2.05) is 14.1 Å². The van der Waals surface area contributed by atoms with Gasteiger partial charge in [-0.25, -0.2) is 4.39 Å². The number of rotatable bonds is 3. The normalized spacial score (nSPS) is 21.1. The molecule has 19 heavy (non-hydrogen) atoms. The molecule has 0 radical (unpaired) electrons. The third kappa shape index (κ3) is 2.79. The molecular formula is C15H23FN2O. The maximum atomic E-state index is 13.9. The van der Waals surface area contributed by atoms with Gasteiger partial charge >= 0.3 is 0 Å². The fourth-order valence-corrected chi connectivity index (χ4v) is 3.20. The molecule has 1 aliphatic carbocycles. The van der Waals surface area contributed by atoms with Crippen molar-refractivity contribution in [3.8, 4) is 0 Å². The Kier molecular flexibility index (Phi) is 4.53. The van der Waals surface area contributed by atoms with Crippen LogP contribution in [0.25, 0.3) is 0 Å². The fraction of sp³-hybridized carbons (Fsp3) is 0.667. The van der Waals surface area contributed by atoms with Crippen LogP contribution in [-0.2, 0) is 0 Å². The van der Waals surface area contributed by atoms with Gasteiger partial charge in [0.25, 0.3) is 0 Å². The van der Waals surface area contributed by atoms with Gasteiger partial charge in [-0.1, -0.05) is 25.7 Å². The number of aromatic nitrogens is 1. The summed E-state index contributed by atoms with van der Waals surface area (Å²) in [4.78, 5) is 5.83. The maximum absolute atomic E-state index is 13.9. The second-order valence-corrected chi connectivity index (χ2v) is 5.71. The van der Waals surface area contributed by atoms with E-state index in [1.165, 1.54) is 19.0 Å². The van der Waals surface area contributed by atoms with E-state index in [-0.39, 0.29) is 5.54 Å². The van der Waals surface area contributed by atoms with Crippen LogP contribution in [0.3, 0.4) is 0 Å². The molecule has 1 heterocycles. The first-order valence-electron chi connectivity index (χ1n) is 7.03. The van der Waals surface area contributed by atoms with Crippen LogP contribution in [0.15, 0.2) is 18.5 Å². The highest BCUT2D eigenvalue weighted by atomic mass is 19.1. The minimum Gasteiger partial charge on any atom is -0.386 e. The average Bonchev–Trinajstić information content (AvgIpc) is 2.65. The van der Waals surface area contributed by atoms with Gasteiger partial charge in [-0.05, 0) is 33.0 Å². The molecule has 1 aliphatic rings. The highest BCUT2D eigenvalue weighted by Crippen LogP contribution is 2.41. The first kappa shape index (κ1) is 14.4. The molecule has 0 aliphatic heterocycles. The van der Waals surface area contributed by atoms with E-state index >= 15 is 0 Å². The molecule has 0 bridgehead atoms. The summed E-state index contributed by atoms with van der Waals surface area (Å²) in [6, 6.07) is 1.59. The van der Waals surface area contributed by atoms with Crippen molar-refractivity contribution < 1.29 is 9.50 Å². The molecule has 0 spiro atoms. The van der Waals surface area contributed by atoms with Crippen LogP contribution in [0.1, 0.15) is 50.2 Å². The number of nitrogens with zero attached hydrogens (tertiary/aromatic N) is 2. The Morgan fingerprint density at radius 3 is 2.42 bits per heavy atom. The topological polar surface area (TPSA) is 36.4 Å². The van der Waals surface area contributed by atoms with Crippen LogP contribution in [-0.4, -0.2) is 34.6 Å². The van der Waals surface area contributed by atoms with E-state index < -0.39 is 11.9 Å². The Balaban J connectivity index is 2.35. The predicted octanol–water partition coefficient (Wildman–Crippen LogP) is 2.91. The molecule has 1 fully saturated rings. The molecule has 4 heteroatoms. The molecule has 0 amide bonds. The van der Waals surface area contributed by atoms with Gasteiger partial charge in [-0.15, -0.1) is 0 Å². The Bertz CT molecular complexity index is 414. The summed E-state index contributed by atoms with van der Waals surface area (Å²) in [7, 11) is 3.96. The summed E-state index contributed by atoms with van der Waals surface area (Å²) in [5.41, 5.74) is 0.00389. The van der Waals surface area contributed by atoms with Crippen molar-refractivity contribution in [3.05, 3.63) is 29.8 Å². The number of hydrogen-bond acceptors (Lipinski definition) is 3. The highest BCUT2D eigenvalue weighted by Gasteiger charge is 2.41. The van der Waals surface area contributed by atoms with Crippen molar-refractivity contribution in [2.75, 3.05) is 14.1 Å². The third-order valence-electron chi connectivity index (χ3n) is 4.47. The second-order valence-electron chi connectivity index (χ2n) is 5.71. The molecule has 1 saturated carbocycles. The quantitative estimate of drug-likeness (QED) is 0.855. The molecule has 1 aromatic rings. The Morgan fingerprint density at radius 2 is 1.89 bits per heavy atom. The number of halogens is 1. The SMILES string of the molecule is CN(C)C1(C(O)c2ccncc2F)CCCCCC1. The summed E-state index contributed by atoms with van der Waals surface area (Å²) < 4.78 is 13.9. The monoisotopic (exact) mass is 266 g/mol. The first-order chi connectivity index (χ1) is 9.08. The zero-order valence-corrected chi connectivity index (χ0v) is 11.8. The molecule has 1 atom stereocenters. The van der Waals surface area contributed by atoms with Gasteiger partial charge in [0.2, 0.25) is 0 Å². The molecule has 0 saturated heterocycles. The van der Waals surface area contributed by atoms with Gasteiger partial charge in [0.15, 0.2) is 0 Å². The smallest absolute Gasteiger partial charge is 0.147 e. The van der Waals surface area contributed by atoms with Crippen LogP contribution in [0.4, 0.5) is 4.39 Å². The standard InChI is InChI=1S/C15H23FN2O/c1-18(2)15(8-5-3-4-6-9-15)14(19)12-7-10-17-11-13(12)16/h7,10-11,14,19H,3-6,8-9H2,1-2H3. The van der Waals surface area contributed by atoms with Crippen LogP contribution < -0.4 is 0 Å². The van der Waals surface area contributed by atoms with Crippen molar-refractivity contribution >= 4 is 0 Å². The number of likely N-dealkylation sites (N-methyl/N-ethyl adjacent to an activating group) is 1. The number of aliphatic hydroxyl groups excluding tert-OH is 1. The first-order valence-corrected chi connectivity index (χ1v) is 7.03. The Labute approximate surface area is 114 Å². The van der Waals surface area contributed by atoms with Crippen LogP contribution in [0.2, 0.25) is 0 Å². The highest BCUT2D eigenvalue weighted by molar-refractivity contribution is 5.20. The molecule has 3 nitrogen and oxygen atoms in total. The predicted molar refractivity (Wildman–Crippen MR) is 73.3 cm³/mol. The van der Waals surface area contributed by atoms with Crippen molar-refractivity contribution in [1.82, 2.24) is 9.88 Å². The minimum atomic E-state index is -0.802. The van der Waals surface area contributed by atoms with Crippen molar-refractivity contribution in [1.29, 1.82) is 0 Å². The average molecular weight is 266 g/mol. The lowest BCUT2D eigenvalue weighted by molar-refractivity contribution is -0.0217. The van der Waals surface area contributed by atoms with Gasteiger partial charge in [0, 0.05) is 11.8 Å². The zero-order valence-electron chi connectivity index (χ0n) is 11.8. The lowest BCUT2D eigenvalue weighted by atomic mass is 9.80. The summed E-state index contributed by atoms with van der Waals surface area (Å²) in [6.45, 7) is 0. The van der Waals surface area contributed by atoms with E-state index in [0.29, 0.717) is 5.56 Å². The van der Waals surface area contributed by atoms with Crippen molar-refractivity contribution in [2.24, 2.45) is 0 Å². The lowest BCUT2D eigenvalue weighted by Gasteiger charge is -2.43. The van der Waals surface area contributed by atoms with E-state index in [4.69, 9.17) is 0 Å². The van der Waals surface area contributed by atoms with Gasteiger partial charge in [0.05, 0.1) is 11.7 Å². The van der Waals surface area contributed by atoms with Crippen LogP contribution in [0, 0.1) is 5.82 Å². The summed E-state index contributed by atoms with van der Waals surface area (Å²) in [5.74, 6) is -0.416. The summed E-state index contributed by atoms with van der Waals surface area (Å²) in [5, 5.41) is 10.8. The van der Waals surface area contributed by atoms with Crippen molar-refractivity contribution in [2.45, 2.75) is 50.2 Å². The van der Waals surface area contributed by atoms with Gasteiger partial charge < -0.3 is 10.0 Å². The molecule has 2 rings (SSSR count). The molecule has 0 aromatic carbocycles. The van der Waals surface area contributed by atoms with Gasteiger partial charge in [-0.2, -0.15) is 0 Å². The molecule has 106 valence electrons. The number of hydrogen-bond donors (Lipinski definition) is 1. The van der Waals surface area contributed by atoms with Crippen molar-refractivity contribution in [3.63, 3.8) is 0 Å². The van der Waals surface area contributed by atoms with Gasteiger partial charge in [-0.3, -0.25) is 4.98 Å². The summed E-state index contributed by atoms with van der Waals surface area (Å²) >= 11 is 0. The molecule has 1 unspecified atom stereocenters. The second kappa shape index (κ2) is 5.97. The fourth-order valence-electron chi connectivity index (χ4n) is 3.20. The van der Waals surface area contributed by atoms with E-state index in [0.717, 1.165) is 25.7 Å². The third-order valence-corrected chi connectivity index (χ3v) is 4.47.